The molecule has 0 bridgehead atoms. The van der Waals surface area contributed by atoms with Crippen LogP contribution in [0.3, 0.4) is 0 Å². The number of hydrogen-bond acceptors (Lipinski definition) is 4. The lowest BCUT2D eigenvalue weighted by atomic mass is 10.1. The van der Waals surface area contributed by atoms with E-state index in [-0.39, 0.29) is 6.04 Å². The van der Waals surface area contributed by atoms with Crippen LogP contribution in [0.4, 0.5) is 5.69 Å². The molecule has 0 aliphatic carbocycles. The Labute approximate surface area is 127 Å². The summed E-state index contributed by atoms with van der Waals surface area (Å²) in [7, 11) is 0. The van der Waals surface area contributed by atoms with Gasteiger partial charge in [-0.05, 0) is 47.2 Å². The largest absolute Gasteiger partial charge is 0.398 e. The zero-order chi connectivity index (χ0) is 14.8. The number of nitrogens with two attached hydrogens (primary N) is 1. The maximum atomic E-state index is 6.01. The van der Waals surface area contributed by atoms with Crippen molar-refractivity contribution < 1.29 is 0 Å². The summed E-state index contributed by atoms with van der Waals surface area (Å²) in [6.45, 7) is 2.03. The lowest BCUT2D eigenvalue weighted by molar-refractivity contribution is 0.548. The van der Waals surface area contributed by atoms with E-state index in [2.05, 4.69) is 15.5 Å². The molecule has 6 heteroatoms. The molecule has 5 nitrogen and oxygen atoms in total. The second kappa shape index (κ2) is 5.54. The summed E-state index contributed by atoms with van der Waals surface area (Å²) in [6, 6.07) is 15.2. The predicted molar refractivity (Wildman–Crippen MR) is 82.9 cm³/mol. The smallest absolute Gasteiger partial charge is 0.184 e. The molecular weight excluding hydrogens is 286 g/mol. The first kappa shape index (κ1) is 13.6. The highest BCUT2D eigenvalue weighted by atomic mass is 35.5. The first-order valence-corrected chi connectivity index (χ1v) is 6.93. The number of nitrogen functional groups attached to an aromatic ring is 1. The van der Waals surface area contributed by atoms with Crippen molar-refractivity contribution >= 4 is 17.3 Å². The standard InChI is InChI=1S/C15H14ClN5/c1-10(11-6-8-12(16)9-7-11)21-15(18-19-20-21)13-4-2-3-5-14(13)17/h2-10H,17H2,1H3. The van der Waals surface area contributed by atoms with Crippen molar-refractivity contribution in [3.8, 4) is 11.4 Å². The molecule has 3 aromatic rings. The Kier molecular flexibility index (Phi) is 3.58. The molecule has 0 aliphatic rings. The van der Waals surface area contributed by atoms with Crippen molar-refractivity contribution in [3.63, 3.8) is 0 Å². The molecule has 2 aromatic carbocycles. The number of hydrogen-bond donors (Lipinski definition) is 1. The fraction of sp³-hybridized carbons (Fsp3) is 0.133. The summed E-state index contributed by atoms with van der Waals surface area (Å²) in [5, 5.41) is 12.7. The Balaban J connectivity index is 2.03. The van der Waals surface area contributed by atoms with Gasteiger partial charge in [-0.2, -0.15) is 0 Å². The van der Waals surface area contributed by atoms with E-state index in [9.17, 15) is 0 Å². The SMILES string of the molecule is CC(c1ccc(Cl)cc1)n1nnnc1-c1ccccc1N. The van der Waals surface area contributed by atoms with E-state index in [1.54, 1.807) is 4.68 Å². The number of para-hydroxylation sites is 1. The molecule has 0 saturated carbocycles. The predicted octanol–water partition coefficient (Wildman–Crippen LogP) is 3.19. The van der Waals surface area contributed by atoms with Crippen molar-refractivity contribution in [2.24, 2.45) is 0 Å². The first-order valence-electron chi connectivity index (χ1n) is 6.55. The Morgan fingerprint density at radius 1 is 1.10 bits per heavy atom. The first-order chi connectivity index (χ1) is 10.2. The fourth-order valence-electron chi connectivity index (χ4n) is 2.21. The summed E-state index contributed by atoms with van der Waals surface area (Å²) in [5.41, 5.74) is 8.56. The van der Waals surface area contributed by atoms with Gasteiger partial charge in [0.2, 0.25) is 0 Å². The van der Waals surface area contributed by atoms with E-state index < -0.39 is 0 Å². The molecular formula is C15H14ClN5. The van der Waals surface area contributed by atoms with E-state index in [0.29, 0.717) is 16.5 Å². The van der Waals surface area contributed by atoms with Crippen LogP contribution >= 0.6 is 11.6 Å². The van der Waals surface area contributed by atoms with Crippen LogP contribution in [0.2, 0.25) is 5.02 Å². The van der Waals surface area contributed by atoms with Gasteiger partial charge in [-0.25, -0.2) is 4.68 Å². The summed E-state index contributed by atoms with van der Waals surface area (Å²) < 4.78 is 1.76. The normalized spacial score (nSPS) is 12.3. The Morgan fingerprint density at radius 3 is 2.52 bits per heavy atom. The van der Waals surface area contributed by atoms with E-state index in [1.807, 2.05) is 55.5 Å². The molecule has 0 spiro atoms. The van der Waals surface area contributed by atoms with Crippen molar-refractivity contribution in [1.29, 1.82) is 0 Å². The van der Waals surface area contributed by atoms with Crippen LogP contribution in [0, 0.1) is 0 Å². The summed E-state index contributed by atoms with van der Waals surface area (Å²) >= 11 is 5.93. The average Bonchev–Trinajstić information content (AvgIpc) is 2.97. The van der Waals surface area contributed by atoms with Crippen LogP contribution in [-0.2, 0) is 0 Å². The highest BCUT2D eigenvalue weighted by Crippen LogP contribution is 2.27. The van der Waals surface area contributed by atoms with Crippen LogP contribution in [0.25, 0.3) is 11.4 Å². The lowest BCUT2D eigenvalue weighted by Crippen LogP contribution is -2.11. The number of benzene rings is 2. The lowest BCUT2D eigenvalue weighted by Gasteiger charge is -2.14. The number of rotatable bonds is 3. The van der Waals surface area contributed by atoms with Gasteiger partial charge in [-0.3, -0.25) is 0 Å². The monoisotopic (exact) mass is 299 g/mol. The van der Waals surface area contributed by atoms with Crippen LogP contribution in [0.15, 0.2) is 48.5 Å². The maximum Gasteiger partial charge on any atom is 0.184 e. The van der Waals surface area contributed by atoms with E-state index in [4.69, 9.17) is 17.3 Å². The number of halogens is 1. The topological polar surface area (TPSA) is 69.6 Å². The molecule has 0 saturated heterocycles. The molecule has 0 radical (unpaired) electrons. The molecule has 1 unspecified atom stereocenters. The summed E-state index contributed by atoms with van der Waals surface area (Å²) in [4.78, 5) is 0. The molecule has 0 fully saturated rings. The number of anilines is 1. The van der Waals surface area contributed by atoms with Crippen molar-refractivity contribution in [2.75, 3.05) is 5.73 Å². The zero-order valence-corrected chi connectivity index (χ0v) is 12.2. The van der Waals surface area contributed by atoms with Gasteiger partial charge in [-0.15, -0.1) is 5.10 Å². The van der Waals surface area contributed by atoms with Gasteiger partial charge >= 0.3 is 0 Å². The average molecular weight is 300 g/mol. The fourth-order valence-corrected chi connectivity index (χ4v) is 2.34. The second-order valence-electron chi connectivity index (χ2n) is 4.76. The third-order valence-electron chi connectivity index (χ3n) is 3.41. The van der Waals surface area contributed by atoms with Crippen LogP contribution < -0.4 is 5.73 Å². The second-order valence-corrected chi connectivity index (χ2v) is 5.20. The van der Waals surface area contributed by atoms with Crippen molar-refractivity contribution in [3.05, 3.63) is 59.1 Å². The Morgan fingerprint density at radius 2 is 1.81 bits per heavy atom. The summed E-state index contributed by atoms with van der Waals surface area (Å²) in [6.07, 6.45) is 0. The number of aromatic nitrogens is 4. The number of tetrazole rings is 1. The van der Waals surface area contributed by atoms with Gasteiger partial charge in [0.15, 0.2) is 5.82 Å². The van der Waals surface area contributed by atoms with Gasteiger partial charge in [0.25, 0.3) is 0 Å². The third kappa shape index (κ3) is 2.60. The van der Waals surface area contributed by atoms with E-state index >= 15 is 0 Å². The van der Waals surface area contributed by atoms with Gasteiger partial charge in [0, 0.05) is 16.3 Å². The molecule has 0 amide bonds. The third-order valence-corrected chi connectivity index (χ3v) is 3.67. The molecule has 3 rings (SSSR count). The Hall–Kier alpha value is -2.40. The minimum Gasteiger partial charge on any atom is -0.398 e. The highest BCUT2D eigenvalue weighted by Gasteiger charge is 2.17. The van der Waals surface area contributed by atoms with Gasteiger partial charge < -0.3 is 5.73 Å². The van der Waals surface area contributed by atoms with Crippen molar-refractivity contribution in [1.82, 2.24) is 20.2 Å². The molecule has 1 atom stereocenters. The van der Waals surface area contributed by atoms with Crippen LogP contribution in [0.1, 0.15) is 18.5 Å². The quantitative estimate of drug-likeness (QED) is 0.754. The van der Waals surface area contributed by atoms with Gasteiger partial charge in [0.05, 0.1) is 6.04 Å². The molecule has 2 N–H and O–H groups in total. The maximum absolute atomic E-state index is 6.01. The molecule has 0 aliphatic heterocycles. The van der Waals surface area contributed by atoms with E-state index in [0.717, 1.165) is 11.1 Å². The molecule has 1 aromatic heterocycles. The van der Waals surface area contributed by atoms with Gasteiger partial charge in [-0.1, -0.05) is 35.9 Å². The van der Waals surface area contributed by atoms with Crippen LogP contribution in [0.5, 0.6) is 0 Å². The minimum absolute atomic E-state index is 0.0214. The summed E-state index contributed by atoms with van der Waals surface area (Å²) in [5.74, 6) is 0.649. The van der Waals surface area contributed by atoms with E-state index in [1.165, 1.54) is 0 Å². The minimum atomic E-state index is -0.0214. The number of nitrogens with zero attached hydrogens (tertiary/aromatic N) is 4. The molecule has 21 heavy (non-hydrogen) atoms. The Bertz CT molecular complexity index is 751. The molecule has 106 valence electrons. The van der Waals surface area contributed by atoms with Gasteiger partial charge in [0.1, 0.15) is 0 Å². The van der Waals surface area contributed by atoms with Crippen LogP contribution in [-0.4, -0.2) is 20.2 Å². The van der Waals surface area contributed by atoms with Crippen molar-refractivity contribution in [2.45, 2.75) is 13.0 Å². The molecule has 1 heterocycles. The zero-order valence-electron chi connectivity index (χ0n) is 11.4. The highest BCUT2D eigenvalue weighted by molar-refractivity contribution is 6.30.